The first-order chi connectivity index (χ1) is 8.99. The van der Waals surface area contributed by atoms with E-state index >= 15 is 0 Å². The largest absolute Gasteiger partial charge is 0.480 e. The molecule has 0 saturated heterocycles. The number of aromatic amines is 1. The molecule has 0 aliphatic heterocycles. The second kappa shape index (κ2) is 5.61. The van der Waals surface area contributed by atoms with Gasteiger partial charge < -0.3 is 14.8 Å². The van der Waals surface area contributed by atoms with Crippen LogP contribution in [0.5, 0.6) is 0 Å². The van der Waals surface area contributed by atoms with Gasteiger partial charge in [0, 0.05) is 27.7 Å². The fourth-order valence-electron chi connectivity index (χ4n) is 1.71. The Morgan fingerprint density at radius 1 is 1.26 bits per heavy atom. The number of H-pyrrole nitrogens is 1. The molecule has 0 unspecified atom stereocenters. The summed E-state index contributed by atoms with van der Waals surface area (Å²) in [4.78, 5) is 25.1. The normalized spacial score (nSPS) is 10.8. The molecular formula is C12H9Cl2NO4. The molecule has 1 heterocycles. The molecule has 100 valence electrons. The molecule has 0 amide bonds. The van der Waals surface area contributed by atoms with E-state index in [1.165, 1.54) is 12.3 Å². The van der Waals surface area contributed by atoms with Crippen molar-refractivity contribution < 1.29 is 19.4 Å². The summed E-state index contributed by atoms with van der Waals surface area (Å²) in [5.74, 6) is -1.48. The van der Waals surface area contributed by atoms with Crippen LogP contribution in [0.4, 0.5) is 0 Å². The van der Waals surface area contributed by atoms with Crippen LogP contribution in [0.15, 0.2) is 18.3 Å². The van der Waals surface area contributed by atoms with Crippen LogP contribution < -0.4 is 0 Å². The summed E-state index contributed by atoms with van der Waals surface area (Å²) in [5, 5.41) is 9.79. The minimum Gasteiger partial charge on any atom is -0.480 e. The van der Waals surface area contributed by atoms with Gasteiger partial charge in [-0.15, -0.1) is 0 Å². The minimum atomic E-state index is -1.13. The van der Waals surface area contributed by atoms with E-state index in [0.29, 0.717) is 26.5 Å². The van der Waals surface area contributed by atoms with Crippen LogP contribution in [-0.4, -0.2) is 35.1 Å². The number of halogens is 2. The van der Waals surface area contributed by atoms with Crippen molar-refractivity contribution in [3.63, 3.8) is 0 Å². The van der Waals surface area contributed by atoms with Crippen molar-refractivity contribution in [2.45, 2.75) is 0 Å². The first-order valence-electron chi connectivity index (χ1n) is 5.28. The summed E-state index contributed by atoms with van der Waals surface area (Å²) in [5.41, 5.74) is 0.987. The molecule has 0 spiro atoms. The molecule has 2 N–H and O–H groups in total. The van der Waals surface area contributed by atoms with Gasteiger partial charge in [-0.05, 0) is 12.1 Å². The fourth-order valence-corrected chi connectivity index (χ4v) is 2.31. The van der Waals surface area contributed by atoms with E-state index in [1.807, 2.05) is 0 Å². The van der Waals surface area contributed by atoms with Gasteiger partial charge in [-0.3, -0.25) is 4.79 Å². The zero-order valence-electron chi connectivity index (χ0n) is 9.57. The summed E-state index contributed by atoms with van der Waals surface area (Å²) >= 11 is 11.9. The average molecular weight is 302 g/mol. The molecule has 0 bridgehead atoms. The summed E-state index contributed by atoms with van der Waals surface area (Å²) in [6.45, 7) is -0.841. The molecule has 1 aromatic carbocycles. The third-order valence-electron chi connectivity index (χ3n) is 2.46. The van der Waals surface area contributed by atoms with Crippen LogP contribution in [0.2, 0.25) is 10.0 Å². The zero-order chi connectivity index (χ0) is 14.0. The average Bonchev–Trinajstić information content (AvgIpc) is 2.72. The SMILES string of the molecule is O=C(O)COCC(=O)c1c[nH]c2cc(Cl)cc(Cl)c12. The highest BCUT2D eigenvalue weighted by Crippen LogP contribution is 2.30. The molecule has 0 fully saturated rings. The molecule has 1 aromatic heterocycles. The van der Waals surface area contributed by atoms with E-state index in [-0.39, 0.29) is 12.4 Å². The van der Waals surface area contributed by atoms with Crippen LogP contribution >= 0.6 is 23.2 Å². The molecule has 0 aliphatic carbocycles. The number of carbonyl (C=O) groups is 2. The second-order valence-electron chi connectivity index (χ2n) is 3.82. The van der Waals surface area contributed by atoms with Gasteiger partial charge in [-0.1, -0.05) is 23.2 Å². The molecule has 5 nitrogen and oxygen atoms in total. The van der Waals surface area contributed by atoms with Gasteiger partial charge in [0.15, 0.2) is 5.78 Å². The standard InChI is InChI=1S/C12H9Cl2NO4/c13-6-1-8(14)12-7(3-15-9(12)2-6)10(16)4-19-5-11(17)18/h1-3,15H,4-5H2,(H,17,18). The predicted molar refractivity (Wildman–Crippen MR) is 71.1 cm³/mol. The Morgan fingerprint density at radius 2 is 2.00 bits per heavy atom. The number of aliphatic carboxylic acids is 1. The van der Waals surface area contributed by atoms with E-state index in [0.717, 1.165) is 0 Å². The monoisotopic (exact) mass is 301 g/mol. The Bertz CT molecular complexity index is 650. The van der Waals surface area contributed by atoms with E-state index in [2.05, 4.69) is 4.98 Å². The number of hydrogen-bond donors (Lipinski definition) is 2. The van der Waals surface area contributed by atoms with Crippen molar-refractivity contribution >= 4 is 45.9 Å². The molecule has 2 rings (SSSR count). The predicted octanol–water partition coefficient (Wildman–Crippen LogP) is 2.76. The van der Waals surface area contributed by atoms with E-state index in [9.17, 15) is 9.59 Å². The number of carboxylic acids is 1. The van der Waals surface area contributed by atoms with Crippen molar-refractivity contribution in [1.29, 1.82) is 0 Å². The lowest BCUT2D eigenvalue weighted by molar-refractivity contribution is -0.141. The molecule has 0 radical (unpaired) electrons. The van der Waals surface area contributed by atoms with Crippen LogP contribution in [-0.2, 0) is 9.53 Å². The number of carbonyl (C=O) groups excluding carboxylic acids is 1. The summed E-state index contributed by atoms with van der Waals surface area (Å²) in [7, 11) is 0. The Hall–Kier alpha value is -1.56. The van der Waals surface area contributed by atoms with Gasteiger partial charge in [0.05, 0.1) is 5.02 Å². The molecule has 0 atom stereocenters. The van der Waals surface area contributed by atoms with Crippen LogP contribution in [0.3, 0.4) is 0 Å². The molecular weight excluding hydrogens is 293 g/mol. The Labute approximate surface area is 118 Å². The van der Waals surface area contributed by atoms with Crippen molar-refractivity contribution in [2.75, 3.05) is 13.2 Å². The third-order valence-corrected chi connectivity index (χ3v) is 2.97. The molecule has 0 aliphatic rings. The second-order valence-corrected chi connectivity index (χ2v) is 4.67. The zero-order valence-corrected chi connectivity index (χ0v) is 11.1. The van der Waals surface area contributed by atoms with Gasteiger partial charge in [0.1, 0.15) is 13.2 Å². The van der Waals surface area contributed by atoms with Gasteiger partial charge in [0.25, 0.3) is 0 Å². The van der Waals surface area contributed by atoms with Crippen molar-refractivity contribution in [3.8, 4) is 0 Å². The topological polar surface area (TPSA) is 79.4 Å². The van der Waals surface area contributed by atoms with Crippen molar-refractivity contribution in [3.05, 3.63) is 33.9 Å². The maximum atomic E-state index is 11.9. The van der Waals surface area contributed by atoms with E-state index in [1.54, 1.807) is 6.07 Å². The van der Waals surface area contributed by atoms with Crippen molar-refractivity contribution in [1.82, 2.24) is 4.98 Å². The van der Waals surface area contributed by atoms with Gasteiger partial charge in [-0.25, -0.2) is 4.79 Å². The lowest BCUT2D eigenvalue weighted by Gasteiger charge is -2.02. The molecule has 2 aromatic rings. The highest BCUT2D eigenvalue weighted by Gasteiger charge is 2.15. The number of benzene rings is 1. The Balaban J connectivity index is 2.25. The van der Waals surface area contributed by atoms with Gasteiger partial charge in [-0.2, -0.15) is 0 Å². The van der Waals surface area contributed by atoms with E-state index in [4.69, 9.17) is 33.0 Å². The number of ether oxygens (including phenoxy) is 1. The quantitative estimate of drug-likeness (QED) is 0.832. The number of nitrogens with one attached hydrogen (secondary N) is 1. The highest BCUT2D eigenvalue weighted by molar-refractivity contribution is 6.39. The number of carboxylic acid groups (broad SMARTS) is 1. The summed E-state index contributed by atoms with van der Waals surface area (Å²) < 4.78 is 4.76. The maximum Gasteiger partial charge on any atom is 0.329 e. The Kier molecular flexibility index (Phi) is 4.09. The summed E-state index contributed by atoms with van der Waals surface area (Å²) in [6.07, 6.45) is 1.50. The number of Topliss-reactive ketones (excluding diaryl/α,β-unsaturated/α-hetero) is 1. The fraction of sp³-hybridized carbons (Fsp3) is 0.167. The number of hydrogen-bond acceptors (Lipinski definition) is 3. The summed E-state index contributed by atoms with van der Waals surface area (Å²) in [6, 6.07) is 3.19. The number of fused-ring (bicyclic) bond motifs is 1. The molecule has 7 heteroatoms. The smallest absolute Gasteiger partial charge is 0.329 e. The van der Waals surface area contributed by atoms with Crippen LogP contribution in [0, 0.1) is 0 Å². The minimum absolute atomic E-state index is 0.321. The first-order valence-corrected chi connectivity index (χ1v) is 6.03. The number of rotatable bonds is 5. The highest BCUT2D eigenvalue weighted by atomic mass is 35.5. The van der Waals surface area contributed by atoms with Crippen LogP contribution in [0.25, 0.3) is 10.9 Å². The maximum absolute atomic E-state index is 11.9. The van der Waals surface area contributed by atoms with Gasteiger partial charge in [0.2, 0.25) is 0 Å². The Morgan fingerprint density at radius 3 is 2.68 bits per heavy atom. The van der Waals surface area contributed by atoms with E-state index < -0.39 is 12.6 Å². The molecule has 0 saturated carbocycles. The van der Waals surface area contributed by atoms with Crippen molar-refractivity contribution in [2.24, 2.45) is 0 Å². The lowest BCUT2D eigenvalue weighted by Crippen LogP contribution is -2.14. The third kappa shape index (κ3) is 3.07. The number of ketones is 1. The molecule has 19 heavy (non-hydrogen) atoms. The van der Waals surface area contributed by atoms with Crippen LogP contribution in [0.1, 0.15) is 10.4 Å². The lowest BCUT2D eigenvalue weighted by atomic mass is 10.1. The van der Waals surface area contributed by atoms with Gasteiger partial charge >= 0.3 is 5.97 Å². The number of aromatic nitrogens is 1. The first kappa shape index (κ1) is 13.9.